The molecule has 1 unspecified atom stereocenters. The number of rotatable bonds is 4. The molecule has 0 radical (unpaired) electrons. The van der Waals surface area contributed by atoms with Crippen LogP contribution in [0.2, 0.25) is 0 Å². The van der Waals surface area contributed by atoms with Crippen molar-refractivity contribution < 1.29 is 13.9 Å². The van der Waals surface area contributed by atoms with Gasteiger partial charge in [0.1, 0.15) is 17.3 Å². The van der Waals surface area contributed by atoms with Crippen molar-refractivity contribution in [2.75, 3.05) is 0 Å². The highest BCUT2D eigenvalue weighted by atomic mass is 19.1. The van der Waals surface area contributed by atoms with Crippen molar-refractivity contribution in [3.63, 3.8) is 0 Å². The summed E-state index contributed by atoms with van der Waals surface area (Å²) in [5.74, 6) is -0.519. The van der Waals surface area contributed by atoms with Crippen LogP contribution >= 0.6 is 0 Å². The van der Waals surface area contributed by atoms with Crippen molar-refractivity contribution in [3.8, 4) is 11.5 Å². The zero-order valence-electron chi connectivity index (χ0n) is 11.0. The summed E-state index contributed by atoms with van der Waals surface area (Å²) in [6.45, 7) is 1.66. The topological polar surface area (TPSA) is 78.3 Å². The number of hydrogen-bond acceptors (Lipinski definition) is 3. The van der Waals surface area contributed by atoms with E-state index >= 15 is 0 Å². The lowest BCUT2D eigenvalue weighted by Crippen LogP contribution is -2.13. The van der Waals surface area contributed by atoms with E-state index in [1.807, 2.05) is 0 Å². The van der Waals surface area contributed by atoms with E-state index in [1.165, 1.54) is 12.1 Å². The molecule has 0 aliphatic carbocycles. The van der Waals surface area contributed by atoms with Gasteiger partial charge in [0.25, 0.3) is 5.91 Å². The molecule has 20 heavy (non-hydrogen) atoms. The third-order valence-corrected chi connectivity index (χ3v) is 2.84. The minimum absolute atomic E-state index is 0.229. The van der Waals surface area contributed by atoms with Gasteiger partial charge in [-0.1, -0.05) is 18.2 Å². The second-order valence-corrected chi connectivity index (χ2v) is 4.40. The average Bonchev–Trinajstić information content (AvgIpc) is 2.38. The molecule has 0 aliphatic heterocycles. The van der Waals surface area contributed by atoms with E-state index in [1.54, 1.807) is 37.3 Å². The van der Waals surface area contributed by atoms with Crippen LogP contribution in [-0.4, -0.2) is 5.91 Å². The molecule has 1 amide bonds. The quantitative estimate of drug-likeness (QED) is 0.899. The Labute approximate surface area is 116 Å². The molecule has 0 bridgehead atoms. The first-order valence-electron chi connectivity index (χ1n) is 6.11. The molecule has 0 aromatic heterocycles. The molecule has 0 spiro atoms. The molecule has 4 N–H and O–H groups in total. The number of halogens is 1. The summed E-state index contributed by atoms with van der Waals surface area (Å²) in [6.07, 6.45) is 0. The first kappa shape index (κ1) is 14.0. The maximum atomic E-state index is 13.8. The predicted molar refractivity (Wildman–Crippen MR) is 74.0 cm³/mol. The van der Waals surface area contributed by atoms with Crippen molar-refractivity contribution in [1.29, 1.82) is 0 Å². The van der Waals surface area contributed by atoms with Gasteiger partial charge in [0.15, 0.2) is 0 Å². The van der Waals surface area contributed by atoms with Crippen molar-refractivity contribution in [3.05, 3.63) is 59.4 Å². The van der Waals surface area contributed by atoms with Gasteiger partial charge in [0, 0.05) is 11.6 Å². The van der Waals surface area contributed by atoms with Gasteiger partial charge in [-0.3, -0.25) is 4.79 Å². The number of amides is 1. The molecular weight excluding hydrogens is 259 g/mol. The fourth-order valence-corrected chi connectivity index (χ4v) is 1.93. The molecule has 104 valence electrons. The van der Waals surface area contributed by atoms with Gasteiger partial charge in [-0.2, -0.15) is 0 Å². The number of carbonyl (C=O) groups excluding carboxylic acids is 1. The molecule has 1 atom stereocenters. The zero-order chi connectivity index (χ0) is 14.7. The van der Waals surface area contributed by atoms with Crippen molar-refractivity contribution >= 4 is 5.91 Å². The third-order valence-electron chi connectivity index (χ3n) is 2.84. The number of primary amides is 1. The van der Waals surface area contributed by atoms with Crippen LogP contribution < -0.4 is 16.2 Å². The molecule has 0 heterocycles. The highest BCUT2D eigenvalue weighted by Gasteiger charge is 2.16. The summed E-state index contributed by atoms with van der Waals surface area (Å²) < 4.78 is 19.4. The summed E-state index contributed by atoms with van der Waals surface area (Å²) in [5, 5.41) is 0. The van der Waals surface area contributed by atoms with Crippen molar-refractivity contribution in [1.82, 2.24) is 0 Å². The van der Waals surface area contributed by atoms with E-state index in [-0.39, 0.29) is 22.6 Å². The Morgan fingerprint density at radius 1 is 1.15 bits per heavy atom. The monoisotopic (exact) mass is 274 g/mol. The number of benzene rings is 2. The number of hydrogen-bond donors (Lipinski definition) is 2. The zero-order valence-corrected chi connectivity index (χ0v) is 11.0. The fraction of sp³-hybridized carbons (Fsp3) is 0.133. The number of carbonyl (C=O) groups is 1. The van der Waals surface area contributed by atoms with Crippen LogP contribution in [0.4, 0.5) is 4.39 Å². The number of nitrogens with two attached hydrogens (primary N) is 2. The standard InChI is InChI=1S/C15H15FN2O2/c1-9(17)14-11(16)6-4-8-13(14)20-12-7-3-2-5-10(12)15(18)19/h2-9H,17H2,1H3,(H2,18,19). The van der Waals surface area contributed by atoms with E-state index in [4.69, 9.17) is 16.2 Å². The lowest BCUT2D eigenvalue weighted by molar-refractivity contribution is 0.0998. The van der Waals surface area contributed by atoms with Gasteiger partial charge < -0.3 is 16.2 Å². The Kier molecular flexibility index (Phi) is 4.00. The Balaban J connectivity index is 2.46. The average molecular weight is 274 g/mol. The molecule has 0 fully saturated rings. The summed E-state index contributed by atoms with van der Waals surface area (Å²) >= 11 is 0. The molecule has 0 saturated heterocycles. The summed E-state index contributed by atoms with van der Waals surface area (Å²) in [7, 11) is 0. The Morgan fingerprint density at radius 3 is 2.45 bits per heavy atom. The first-order chi connectivity index (χ1) is 9.50. The van der Waals surface area contributed by atoms with Gasteiger partial charge in [0.05, 0.1) is 5.56 Å². The summed E-state index contributed by atoms with van der Waals surface area (Å²) in [4.78, 5) is 11.3. The maximum Gasteiger partial charge on any atom is 0.252 e. The van der Waals surface area contributed by atoms with Crippen LogP contribution in [-0.2, 0) is 0 Å². The van der Waals surface area contributed by atoms with Crippen molar-refractivity contribution in [2.24, 2.45) is 11.5 Å². The second kappa shape index (κ2) is 5.71. The van der Waals surface area contributed by atoms with Gasteiger partial charge in [-0.15, -0.1) is 0 Å². The third kappa shape index (κ3) is 2.78. The molecule has 2 aromatic rings. The Hall–Kier alpha value is -2.40. The van der Waals surface area contributed by atoms with Crippen LogP contribution in [0.3, 0.4) is 0 Å². The van der Waals surface area contributed by atoms with Crippen LogP contribution in [0.5, 0.6) is 11.5 Å². The van der Waals surface area contributed by atoms with Crippen molar-refractivity contribution in [2.45, 2.75) is 13.0 Å². The maximum absolute atomic E-state index is 13.8. The highest BCUT2D eigenvalue weighted by molar-refractivity contribution is 5.95. The molecule has 0 saturated carbocycles. The van der Waals surface area contributed by atoms with Crippen LogP contribution in [0.25, 0.3) is 0 Å². The minimum Gasteiger partial charge on any atom is -0.456 e. The lowest BCUT2D eigenvalue weighted by Gasteiger charge is -2.15. The smallest absolute Gasteiger partial charge is 0.252 e. The van der Waals surface area contributed by atoms with Crippen LogP contribution in [0.1, 0.15) is 28.9 Å². The normalized spacial score (nSPS) is 11.9. The Bertz CT molecular complexity index is 642. The molecular formula is C15H15FN2O2. The fourth-order valence-electron chi connectivity index (χ4n) is 1.93. The minimum atomic E-state index is -0.612. The van der Waals surface area contributed by atoms with E-state index in [0.29, 0.717) is 0 Å². The van der Waals surface area contributed by atoms with Crippen LogP contribution in [0, 0.1) is 5.82 Å². The van der Waals surface area contributed by atoms with E-state index < -0.39 is 17.8 Å². The number of para-hydroxylation sites is 1. The van der Waals surface area contributed by atoms with E-state index in [0.717, 1.165) is 0 Å². The van der Waals surface area contributed by atoms with Gasteiger partial charge >= 0.3 is 0 Å². The molecule has 2 rings (SSSR count). The SMILES string of the molecule is CC(N)c1c(F)cccc1Oc1ccccc1C(N)=O. The van der Waals surface area contributed by atoms with Crippen LogP contribution in [0.15, 0.2) is 42.5 Å². The predicted octanol–water partition coefficient (Wildman–Crippen LogP) is 2.74. The first-order valence-corrected chi connectivity index (χ1v) is 6.11. The molecule has 4 nitrogen and oxygen atoms in total. The van der Waals surface area contributed by atoms with Gasteiger partial charge in [-0.25, -0.2) is 4.39 Å². The molecule has 0 aliphatic rings. The summed E-state index contributed by atoms with van der Waals surface area (Å²) in [6, 6.07) is 10.4. The Morgan fingerprint density at radius 2 is 1.80 bits per heavy atom. The van der Waals surface area contributed by atoms with Gasteiger partial charge in [0.2, 0.25) is 0 Å². The number of ether oxygens (including phenoxy) is 1. The highest BCUT2D eigenvalue weighted by Crippen LogP contribution is 2.32. The lowest BCUT2D eigenvalue weighted by atomic mass is 10.1. The summed E-state index contributed by atoms with van der Waals surface area (Å²) in [5.41, 5.74) is 11.5. The molecule has 2 aromatic carbocycles. The largest absolute Gasteiger partial charge is 0.456 e. The van der Waals surface area contributed by atoms with E-state index in [2.05, 4.69) is 0 Å². The second-order valence-electron chi connectivity index (χ2n) is 4.40. The van der Waals surface area contributed by atoms with Gasteiger partial charge in [-0.05, 0) is 31.2 Å². The molecule has 5 heteroatoms. The van der Waals surface area contributed by atoms with E-state index in [9.17, 15) is 9.18 Å².